The van der Waals surface area contributed by atoms with E-state index in [0.29, 0.717) is 19.4 Å². The van der Waals surface area contributed by atoms with Crippen LogP contribution in [0.1, 0.15) is 35.4 Å². The van der Waals surface area contributed by atoms with Crippen molar-refractivity contribution in [2.75, 3.05) is 0 Å². The molecule has 1 aromatic rings. The second-order valence-electron chi connectivity index (χ2n) is 4.43. The lowest BCUT2D eigenvalue weighted by Gasteiger charge is -2.20. The van der Waals surface area contributed by atoms with Gasteiger partial charge >= 0.3 is 0 Å². The van der Waals surface area contributed by atoms with Gasteiger partial charge in [0.2, 0.25) is 0 Å². The molecule has 1 aromatic heterocycles. The Morgan fingerprint density at radius 3 is 2.75 bits per heavy atom. The average Bonchev–Trinajstić information content (AvgIpc) is 2.85. The Morgan fingerprint density at radius 2 is 2.19 bits per heavy atom. The number of thiophene rings is 1. The first-order valence-electron chi connectivity index (χ1n) is 5.66. The van der Waals surface area contributed by atoms with E-state index in [1.807, 2.05) is 19.1 Å². The van der Waals surface area contributed by atoms with Gasteiger partial charge in [-0.05, 0) is 44.7 Å². The number of hydrogen-bond acceptors (Lipinski definition) is 3. The van der Waals surface area contributed by atoms with Crippen molar-refractivity contribution in [2.45, 2.75) is 44.8 Å². The Bertz CT molecular complexity index is 380. The highest BCUT2D eigenvalue weighted by molar-refractivity contribution is 7.11. The molecule has 1 saturated carbocycles. The second-order valence-corrected chi connectivity index (χ2v) is 5.81. The highest BCUT2D eigenvalue weighted by atomic mass is 32.1. The molecule has 1 aliphatic rings. The number of carbonyl (C=O) groups is 1. The molecule has 0 radical (unpaired) electrons. The predicted molar refractivity (Wildman–Crippen MR) is 64.3 cm³/mol. The first kappa shape index (κ1) is 11.6. The molecule has 0 atom stereocenters. The third-order valence-electron chi connectivity index (χ3n) is 3.07. The normalized spacial score (nSPS) is 18.6. The molecule has 0 unspecified atom stereocenters. The van der Waals surface area contributed by atoms with Gasteiger partial charge in [-0.1, -0.05) is 0 Å². The number of carbonyl (C=O) groups excluding carboxylic acids is 1. The van der Waals surface area contributed by atoms with Crippen molar-refractivity contribution < 1.29 is 9.90 Å². The van der Waals surface area contributed by atoms with Crippen molar-refractivity contribution in [2.24, 2.45) is 0 Å². The van der Waals surface area contributed by atoms with E-state index in [-0.39, 0.29) is 5.91 Å². The van der Waals surface area contributed by atoms with Crippen molar-refractivity contribution >= 4 is 17.2 Å². The maximum atomic E-state index is 11.8. The van der Waals surface area contributed by atoms with E-state index in [1.165, 1.54) is 4.88 Å². The highest BCUT2D eigenvalue weighted by Gasteiger charge is 2.38. The summed E-state index contributed by atoms with van der Waals surface area (Å²) in [5.41, 5.74) is -1.10. The van der Waals surface area contributed by atoms with E-state index in [2.05, 4.69) is 5.32 Å². The highest BCUT2D eigenvalue weighted by Crippen LogP contribution is 2.29. The maximum absolute atomic E-state index is 11.8. The minimum Gasteiger partial charge on any atom is -0.380 e. The maximum Gasteiger partial charge on any atom is 0.252 e. The summed E-state index contributed by atoms with van der Waals surface area (Å²) in [7, 11) is 0. The van der Waals surface area contributed by atoms with Gasteiger partial charge in [0.15, 0.2) is 0 Å². The van der Waals surface area contributed by atoms with Crippen LogP contribution in [-0.2, 0) is 11.3 Å². The van der Waals surface area contributed by atoms with Crippen molar-refractivity contribution in [3.8, 4) is 0 Å². The van der Waals surface area contributed by atoms with Gasteiger partial charge in [0.05, 0.1) is 6.54 Å². The van der Waals surface area contributed by atoms with Gasteiger partial charge in [-0.25, -0.2) is 0 Å². The Balaban J connectivity index is 1.88. The first-order chi connectivity index (χ1) is 7.60. The topological polar surface area (TPSA) is 49.3 Å². The summed E-state index contributed by atoms with van der Waals surface area (Å²) in [6.45, 7) is 2.57. The number of hydrogen-bond donors (Lipinski definition) is 2. The zero-order chi connectivity index (χ0) is 11.6. The fourth-order valence-corrected chi connectivity index (χ4v) is 2.93. The summed E-state index contributed by atoms with van der Waals surface area (Å²) in [4.78, 5) is 14.2. The molecule has 0 aromatic carbocycles. The monoisotopic (exact) mass is 239 g/mol. The smallest absolute Gasteiger partial charge is 0.252 e. The van der Waals surface area contributed by atoms with E-state index in [1.54, 1.807) is 11.3 Å². The van der Waals surface area contributed by atoms with Crippen molar-refractivity contribution in [1.29, 1.82) is 0 Å². The molecule has 0 bridgehead atoms. The number of rotatable bonds is 3. The fraction of sp³-hybridized carbons (Fsp3) is 0.583. The average molecular weight is 239 g/mol. The van der Waals surface area contributed by atoms with E-state index in [0.717, 1.165) is 17.7 Å². The molecule has 0 saturated heterocycles. The van der Waals surface area contributed by atoms with Crippen LogP contribution in [-0.4, -0.2) is 16.6 Å². The Labute approximate surface area is 99.5 Å². The predicted octanol–water partition coefficient (Wildman–Crippen LogP) is 1.98. The van der Waals surface area contributed by atoms with Crippen LogP contribution in [0, 0.1) is 6.92 Å². The molecule has 1 aliphatic carbocycles. The molecule has 0 spiro atoms. The van der Waals surface area contributed by atoms with Crippen LogP contribution in [0.5, 0.6) is 0 Å². The largest absolute Gasteiger partial charge is 0.380 e. The van der Waals surface area contributed by atoms with Gasteiger partial charge in [-0.15, -0.1) is 11.3 Å². The van der Waals surface area contributed by atoms with Crippen LogP contribution < -0.4 is 5.32 Å². The molecule has 3 nitrogen and oxygen atoms in total. The van der Waals surface area contributed by atoms with Crippen molar-refractivity contribution in [3.63, 3.8) is 0 Å². The molecule has 16 heavy (non-hydrogen) atoms. The lowest BCUT2D eigenvalue weighted by molar-refractivity contribution is -0.139. The zero-order valence-electron chi connectivity index (χ0n) is 9.45. The minimum absolute atomic E-state index is 0.212. The van der Waals surface area contributed by atoms with Crippen LogP contribution in [0.4, 0.5) is 0 Å². The van der Waals surface area contributed by atoms with Crippen LogP contribution >= 0.6 is 11.3 Å². The number of nitrogens with one attached hydrogen (secondary N) is 1. The molecular weight excluding hydrogens is 222 g/mol. The van der Waals surface area contributed by atoms with Crippen molar-refractivity contribution in [3.05, 3.63) is 21.9 Å². The van der Waals surface area contributed by atoms with E-state index in [9.17, 15) is 9.90 Å². The number of amides is 1. The van der Waals surface area contributed by atoms with E-state index in [4.69, 9.17) is 0 Å². The summed E-state index contributed by atoms with van der Waals surface area (Å²) >= 11 is 1.67. The number of aryl methyl sites for hydroxylation is 1. The zero-order valence-corrected chi connectivity index (χ0v) is 10.3. The van der Waals surface area contributed by atoms with Gasteiger partial charge in [-0.3, -0.25) is 4.79 Å². The number of aliphatic hydroxyl groups is 1. The summed E-state index contributed by atoms with van der Waals surface area (Å²) in [5.74, 6) is -0.212. The SMILES string of the molecule is Cc1ccc(CNC(=O)C2(O)CCCC2)s1. The second kappa shape index (κ2) is 4.55. The van der Waals surface area contributed by atoms with Gasteiger partial charge in [0, 0.05) is 9.75 Å². The first-order valence-corrected chi connectivity index (χ1v) is 6.48. The lowest BCUT2D eigenvalue weighted by Crippen LogP contribution is -2.44. The van der Waals surface area contributed by atoms with Gasteiger partial charge in [0.25, 0.3) is 5.91 Å². The molecule has 88 valence electrons. The van der Waals surface area contributed by atoms with Gasteiger partial charge in [0.1, 0.15) is 5.60 Å². The van der Waals surface area contributed by atoms with Crippen LogP contribution in [0.15, 0.2) is 12.1 Å². The standard InChI is InChI=1S/C12H17NO2S/c1-9-4-5-10(16-9)8-13-11(14)12(15)6-2-3-7-12/h4-5,15H,2-3,6-8H2,1H3,(H,13,14). The Morgan fingerprint density at radius 1 is 1.50 bits per heavy atom. The third kappa shape index (κ3) is 2.44. The lowest BCUT2D eigenvalue weighted by atomic mass is 10.0. The van der Waals surface area contributed by atoms with Crippen LogP contribution in [0.3, 0.4) is 0 Å². The van der Waals surface area contributed by atoms with Crippen LogP contribution in [0.25, 0.3) is 0 Å². The Hall–Kier alpha value is -0.870. The quantitative estimate of drug-likeness (QED) is 0.847. The molecule has 1 heterocycles. The molecular formula is C12H17NO2S. The Kier molecular flexibility index (Phi) is 3.30. The van der Waals surface area contributed by atoms with E-state index < -0.39 is 5.60 Å². The van der Waals surface area contributed by atoms with Gasteiger partial charge < -0.3 is 10.4 Å². The molecule has 2 rings (SSSR count). The fourth-order valence-electron chi connectivity index (χ4n) is 2.10. The van der Waals surface area contributed by atoms with Crippen LogP contribution in [0.2, 0.25) is 0 Å². The molecule has 1 fully saturated rings. The third-order valence-corrected chi connectivity index (χ3v) is 4.07. The van der Waals surface area contributed by atoms with Gasteiger partial charge in [-0.2, -0.15) is 0 Å². The molecule has 2 N–H and O–H groups in total. The molecule has 0 aliphatic heterocycles. The molecule has 1 amide bonds. The summed E-state index contributed by atoms with van der Waals surface area (Å²) < 4.78 is 0. The summed E-state index contributed by atoms with van der Waals surface area (Å²) in [5, 5.41) is 12.9. The summed E-state index contributed by atoms with van der Waals surface area (Å²) in [6.07, 6.45) is 3.09. The summed E-state index contributed by atoms with van der Waals surface area (Å²) in [6, 6.07) is 4.05. The molecule has 4 heteroatoms. The minimum atomic E-state index is -1.10. The van der Waals surface area contributed by atoms with Crippen molar-refractivity contribution in [1.82, 2.24) is 5.32 Å². The van der Waals surface area contributed by atoms with E-state index >= 15 is 0 Å².